The summed E-state index contributed by atoms with van der Waals surface area (Å²) < 4.78 is 12.6. The van der Waals surface area contributed by atoms with Gasteiger partial charge in [-0.05, 0) is 45.7 Å². The third-order valence-electron chi connectivity index (χ3n) is 3.49. The highest BCUT2D eigenvalue weighted by atomic mass is 16.6. The number of hydrogen-bond donors (Lipinski definition) is 0. The van der Waals surface area contributed by atoms with Crippen LogP contribution in [-0.4, -0.2) is 39.8 Å². The smallest absolute Gasteiger partial charge is 0.308 e. The molecule has 0 aliphatic carbocycles. The molecule has 1 heterocycles. The van der Waals surface area contributed by atoms with Crippen LogP contribution in [0.5, 0.6) is 0 Å². The van der Waals surface area contributed by atoms with Crippen LogP contribution in [-0.2, 0) is 27.2 Å². The summed E-state index contributed by atoms with van der Waals surface area (Å²) >= 11 is 0. The van der Waals surface area contributed by atoms with Crippen LogP contribution in [0.1, 0.15) is 39.7 Å². The van der Waals surface area contributed by atoms with Crippen molar-refractivity contribution in [3.8, 4) is 11.3 Å². The quantitative estimate of drug-likeness (QED) is 0.543. The van der Waals surface area contributed by atoms with E-state index in [9.17, 15) is 4.79 Å². The van der Waals surface area contributed by atoms with E-state index in [2.05, 4.69) is 22.4 Å². The van der Waals surface area contributed by atoms with E-state index in [1.165, 1.54) is 5.56 Å². The lowest BCUT2D eigenvalue weighted by atomic mass is 10.1. The minimum atomic E-state index is -0.447. The number of hydrogen-bond acceptors (Lipinski definition) is 5. The van der Waals surface area contributed by atoms with Gasteiger partial charge < -0.3 is 9.47 Å². The van der Waals surface area contributed by atoms with E-state index in [0.29, 0.717) is 13.2 Å². The van der Waals surface area contributed by atoms with E-state index in [0.717, 1.165) is 24.2 Å². The van der Waals surface area contributed by atoms with Gasteiger partial charge in [-0.15, -0.1) is 5.10 Å². The highest BCUT2D eigenvalue weighted by Crippen LogP contribution is 2.18. The summed E-state index contributed by atoms with van der Waals surface area (Å²) in [7, 11) is 0. The van der Waals surface area contributed by atoms with Gasteiger partial charge in [0.1, 0.15) is 11.3 Å². The average molecular weight is 345 g/mol. The molecule has 0 N–H and O–H groups in total. The van der Waals surface area contributed by atoms with Crippen molar-refractivity contribution in [1.29, 1.82) is 0 Å². The van der Waals surface area contributed by atoms with Crippen molar-refractivity contribution in [3.05, 3.63) is 36.0 Å². The Morgan fingerprint density at radius 2 is 2.04 bits per heavy atom. The summed E-state index contributed by atoms with van der Waals surface area (Å²) in [6.07, 6.45) is 3.00. The highest BCUT2D eigenvalue weighted by molar-refractivity contribution is 5.69. The maximum Gasteiger partial charge on any atom is 0.308 e. The van der Waals surface area contributed by atoms with Gasteiger partial charge in [-0.3, -0.25) is 9.48 Å². The topological polar surface area (TPSA) is 66.2 Å². The van der Waals surface area contributed by atoms with Gasteiger partial charge in [-0.25, -0.2) is 0 Å². The van der Waals surface area contributed by atoms with E-state index >= 15 is 0 Å². The Balaban J connectivity index is 1.76. The molecule has 0 aliphatic heterocycles. The van der Waals surface area contributed by atoms with Gasteiger partial charge in [-0.2, -0.15) is 0 Å². The first kappa shape index (κ1) is 19.1. The fourth-order valence-corrected chi connectivity index (χ4v) is 2.31. The predicted octanol–water partition coefficient (Wildman–Crippen LogP) is 3.26. The number of carbonyl (C=O) groups is 1. The van der Waals surface area contributed by atoms with Crippen molar-refractivity contribution in [2.45, 2.75) is 52.7 Å². The van der Waals surface area contributed by atoms with Crippen LogP contribution < -0.4 is 0 Å². The molecule has 0 spiro atoms. The zero-order chi connectivity index (χ0) is 18.3. The van der Waals surface area contributed by atoms with Crippen LogP contribution in [0.15, 0.2) is 30.5 Å². The fraction of sp³-hybridized carbons (Fsp3) is 0.526. The van der Waals surface area contributed by atoms with Gasteiger partial charge in [0.2, 0.25) is 0 Å². The molecule has 0 unspecified atom stereocenters. The molecule has 0 bridgehead atoms. The average Bonchev–Trinajstić information content (AvgIpc) is 3.02. The van der Waals surface area contributed by atoms with Crippen LogP contribution in [0.25, 0.3) is 11.3 Å². The van der Waals surface area contributed by atoms with Gasteiger partial charge in [0.25, 0.3) is 0 Å². The Hall–Kier alpha value is -2.21. The second-order valence-electron chi connectivity index (χ2n) is 6.86. The summed E-state index contributed by atoms with van der Waals surface area (Å²) in [5.74, 6) is -0.228. The first-order valence-corrected chi connectivity index (χ1v) is 8.66. The molecule has 0 amide bonds. The second-order valence-corrected chi connectivity index (χ2v) is 6.86. The van der Waals surface area contributed by atoms with E-state index in [4.69, 9.17) is 9.47 Å². The van der Waals surface area contributed by atoms with Crippen LogP contribution in [0.2, 0.25) is 0 Å². The van der Waals surface area contributed by atoms with Gasteiger partial charge >= 0.3 is 5.97 Å². The van der Waals surface area contributed by atoms with Crippen molar-refractivity contribution < 1.29 is 14.3 Å². The largest absolute Gasteiger partial charge is 0.460 e. The minimum Gasteiger partial charge on any atom is -0.460 e. The molecule has 0 atom stereocenters. The predicted molar refractivity (Wildman–Crippen MR) is 96.1 cm³/mol. The molecule has 25 heavy (non-hydrogen) atoms. The number of esters is 1. The number of nitrogens with zero attached hydrogens (tertiary/aromatic N) is 3. The van der Waals surface area contributed by atoms with Crippen molar-refractivity contribution in [3.63, 3.8) is 0 Å². The Labute approximate surface area is 149 Å². The Morgan fingerprint density at radius 1 is 1.24 bits per heavy atom. The van der Waals surface area contributed by atoms with Crippen molar-refractivity contribution in [2.24, 2.45) is 0 Å². The van der Waals surface area contributed by atoms with Crippen molar-refractivity contribution >= 4 is 5.97 Å². The summed E-state index contributed by atoms with van der Waals surface area (Å²) in [5.41, 5.74) is 2.64. The zero-order valence-corrected chi connectivity index (χ0v) is 15.5. The SMILES string of the molecule is CCn1cc(-c2cccc(CCOCCC(=O)OC(C)(C)C)c2)nn1. The third kappa shape index (κ3) is 6.66. The van der Waals surface area contributed by atoms with Gasteiger partial charge in [0.05, 0.1) is 25.8 Å². The molecule has 136 valence electrons. The molecule has 6 nitrogen and oxygen atoms in total. The highest BCUT2D eigenvalue weighted by Gasteiger charge is 2.15. The molecule has 0 radical (unpaired) electrons. The molecule has 6 heteroatoms. The third-order valence-corrected chi connectivity index (χ3v) is 3.49. The lowest BCUT2D eigenvalue weighted by Crippen LogP contribution is -2.24. The van der Waals surface area contributed by atoms with Crippen LogP contribution >= 0.6 is 0 Å². The van der Waals surface area contributed by atoms with E-state index in [-0.39, 0.29) is 12.4 Å². The summed E-state index contributed by atoms with van der Waals surface area (Å²) in [6, 6.07) is 8.19. The van der Waals surface area contributed by atoms with Gasteiger partial charge in [-0.1, -0.05) is 23.4 Å². The zero-order valence-electron chi connectivity index (χ0n) is 15.5. The maximum atomic E-state index is 11.6. The van der Waals surface area contributed by atoms with Crippen molar-refractivity contribution in [2.75, 3.05) is 13.2 Å². The summed E-state index contributed by atoms with van der Waals surface area (Å²) in [4.78, 5) is 11.6. The number of ether oxygens (including phenoxy) is 2. The number of aryl methyl sites for hydroxylation is 1. The van der Waals surface area contributed by atoms with E-state index < -0.39 is 5.60 Å². The number of carbonyl (C=O) groups excluding carboxylic acids is 1. The molecule has 2 rings (SSSR count). The first-order chi connectivity index (χ1) is 11.9. The molecule has 2 aromatic rings. The van der Waals surface area contributed by atoms with E-state index in [1.54, 1.807) is 0 Å². The fourth-order valence-electron chi connectivity index (χ4n) is 2.31. The molecular weight excluding hydrogens is 318 g/mol. The maximum absolute atomic E-state index is 11.6. The Morgan fingerprint density at radius 3 is 2.72 bits per heavy atom. The lowest BCUT2D eigenvalue weighted by molar-refractivity contribution is -0.156. The lowest BCUT2D eigenvalue weighted by Gasteiger charge is -2.19. The number of benzene rings is 1. The Bertz CT molecular complexity index is 689. The standard InChI is InChI=1S/C19H27N3O3/c1-5-22-14-17(20-21-22)16-8-6-7-15(13-16)9-11-24-12-10-18(23)25-19(2,3)4/h6-8,13-14H,5,9-12H2,1-4H3. The molecule has 1 aromatic carbocycles. The summed E-state index contributed by atoms with van der Waals surface area (Å²) in [6.45, 7) is 9.35. The Kier molecular flexibility index (Phi) is 6.70. The normalized spacial score (nSPS) is 11.5. The molecule has 0 saturated carbocycles. The second kappa shape index (κ2) is 8.76. The number of rotatable bonds is 8. The van der Waals surface area contributed by atoms with Crippen LogP contribution in [0, 0.1) is 0 Å². The molecule has 1 aromatic heterocycles. The van der Waals surface area contributed by atoms with Crippen LogP contribution in [0.4, 0.5) is 0 Å². The minimum absolute atomic E-state index is 0.228. The van der Waals surface area contributed by atoms with Gasteiger partial charge in [0, 0.05) is 12.1 Å². The van der Waals surface area contributed by atoms with Crippen LogP contribution in [0.3, 0.4) is 0 Å². The van der Waals surface area contributed by atoms with Gasteiger partial charge in [0.15, 0.2) is 0 Å². The monoisotopic (exact) mass is 345 g/mol. The molecular formula is C19H27N3O3. The summed E-state index contributed by atoms with van der Waals surface area (Å²) in [5, 5.41) is 8.25. The molecule has 0 saturated heterocycles. The molecule has 0 fully saturated rings. The number of aromatic nitrogens is 3. The van der Waals surface area contributed by atoms with Crippen molar-refractivity contribution in [1.82, 2.24) is 15.0 Å². The first-order valence-electron chi connectivity index (χ1n) is 8.66. The van der Waals surface area contributed by atoms with E-state index in [1.807, 2.05) is 50.7 Å². The molecule has 0 aliphatic rings.